The molecule has 0 aliphatic heterocycles. The molecule has 0 unspecified atom stereocenters. The van der Waals surface area contributed by atoms with E-state index in [0.717, 1.165) is 27.6 Å². The average molecular weight is 281 g/mol. The van der Waals surface area contributed by atoms with E-state index in [-0.39, 0.29) is 0 Å². The average Bonchev–Trinajstić information content (AvgIpc) is 2.09. The number of rotatable bonds is 4. The first-order valence-corrected chi connectivity index (χ1v) is 6.36. The molecule has 0 aliphatic rings. The number of hydrogen-bond acceptors (Lipinski definition) is 2. The van der Waals surface area contributed by atoms with Gasteiger partial charge in [0.1, 0.15) is 5.03 Å². The standard InChI is InChI=1S/C9H11BrClNS/c1-7-5-8(10)9(12-6-7)13-4-2-3-11/h5-6H,2-4H2,1H3. The van der Waals surface area contributed by atoms with Gasteiger partial charge in [-0.15, -0.1) is 23.4 Å². The lowest BCUT2D eigenvalue weighted by molar-refractivity contribution is 1.06. The molecule has 1 rings (SSSR count). The Morgan fingerprint density at radius 2 is 2.38 bits per heavy atom. The summed E-state index contributed by atoms with van der Waals surface area (Å²) in [7, 11) is 0. The predicted octanol–water partition coefficient (Wildman–Crippen LogP) is 3.87. The van der Waals surface area contributed by atoms with E-state index >= 15 is 0 Å². The molecule has 0 atom stereocenters. The van der Waals surface area contributed by atoms with E-state index in [9.17, 15) is 0 Å². The first-order chi connectivity index (χ1) is 6.24. The van der Waals surface area contributed by atoms with Gasteiger partial charge in [-0.2, -0.15) is 0 Å². The Labute approximate surface area is 96.4 Å². The van der Waals surface area contributed by atoms with Crippen molar-refractivity contribution in [3.63, 3.8) is 0 Å². The number of aromatic nitrogens is 1. The van der Waals surface area contributed by atoms with Crippen molar-refractivity contribution in [2.24, 2.45) is 0 Å². The van der Waals surface area contributed by atoms with Gasteiger partial charge in [-0.3, -0.25) is 0 Å². The summed E-state index contributed by atoms with van der Waals surface area (Å²) in [6.07, 6.45) is 2.90. The van der Waals surface area contributed by atoms with Crippen LogP contribution in [0.2, 0.25) is 0 Å². The zero-order valence-electron chi connectivity index (χ0n) is 7.39. The third kappa shape index (κ3) is 3.88. The quantitative estimate of drug-likeness (QED) is 0.472. The highest BCUT2D eigenvalue weighted by atomic mass is 79.9. The Hall–Kier alpha value is 0.270. The zero-order valence-corrected chi connectivity index (χ0v) is 10.5. The van der Waals surface area contributed by atoms with Crippen LogP contribution in [0.4, 0.5) is 0 Å². The van der Waals surface area contributed by atoms with Crippen molar-refractivity contribution < 1.29 is 0 Å². The summed E-state index contributed by atoms with van der Waals surface area (Å²) < 4.78 is 1.08. The van der Waals surface area contributed by atoms with Crippen molar-refractivity contribution in [3.05, 3.63) is 22.3 Å². The van der Waals surface area contributed by atoms with Crippen LogP contribution in [-0.4, -0.2) is 16.6 Å². The Bertz CT molecular complexity index is 280. The zero-order chi connectivity index (χ0) is 9.68. The van der Waals surface area contributed by atoms with Gasteiger partial charge in [0, 0.05) is 17.8 Å². The predicted molar refractivity (Wildman–Crippen MR) is 62.7 cm³/mol. The highest BCUT2D eigenvalue weighted by Crippen LogP contribution is 2.26. The van der Waals surface area contributed by atoms with E-state index in [1.807, 2.05) is 13.1 Å². The summed E-state index contributed by atoms with van der Waals surface area (Å²) in [6, 6.07) is 2.08. The maximum atomic E-state index is 5.59. The van der Waals surface area contributed by atoms with E-state index in [2.05, 4.69) is 27.0 Å². The van der Waals surface area contributed by atoms with Crippen LogP contribution in [0.1, 0.15) is 12.0 Å². The van der Waals surface area contributed by atoms with E-state index in [0.29, 0.717) is 0 Å². The van der Waals surface area contributed by atoms with Crippen LogP contribution in [0.15, 0.2) is 21.8 Å². The van der Waals surface area contributed by atoms with Crippen molar-refractivity contribution in [3.8, 4) is 0 Å². The van der Waals surface area contributed by atoms with Crippen LogP contribution in [0, 0.1) is 6.92 Å². The molecule has 0 N–H and O–H groups in total. The fourth-order valence-electron chi connectivity index (χ4n) is 0.851. The maximum Gasteiger partial charge on any atom is 0.110 e. The van der Waals surface area contributed by atoms with Crippen LogP contribution in [0.25, 0.3) is 0 Å². The molecule has 0 fully saturated rings. The number of pyridine rings is 1. The molecule has 0 aliphatic carbocycles. The van der Waals surface area contributed by atoms with Gasteiger partial charge in [-0.1, -0.05) is 0 Å². The van der Waals surface area contributed by atoms with E-state index in [1.54, 1.807) is 11.8 Å². The van der Waals surface area contributed by atoms with Gasteiger partial charge in [-0.05, 0) is 40.9 Å². The molecule has 1 heterocycles. The number of alkyl halides is 1. The summed E-state index contributed by atoms with van der Waals surface area (Å²) in [4.78, 5) is 4.32. The summed E-state index contributed by atoms with van der Waals surface area (Å²) in [5.74, 6) is 1.74. The van der Waals surface area contributed by atoms with Crippen molar-refractivity contribution in [2.75, 3.05) is 11.6 Å². The molecular weight excluding hydrogens is 270 g/mol. The first kappa shape index (κ1) is 11.3. The Morgan fingerprint density at radius 3 is 3.00 bits per heavy atom. The highest BCUT2D eigenvalue weighted by Gasteiger charge is 2.01. The molecule has 1 nitrogen and oxygen atoms in total. The molecular formula is C9H11BrClNS. The smallest absolute Gasteiger partial charge is 0.110 e. The second-order valence-corrected chi connectivity index (χ2v) is 5.01. The largest absolute Gasteiger partial charge is 0.248 e. The van der Waals surface area contributed by atoms with Crippen LogP contribution < -0.4 is 0 Å². The number of hydrogen-bond donors (Lipinski definition) is 0. The lowest BCUT2D eigenvalue weighted by atomic mass is 10.3. The van der Waals surface area contributed by atoms with Gasteiger partial charge >= 0.3 is 0 Å². The highest BCUT2D eigenvalue weighted by molar-refractivity contribution is 9.10. The maximum absolute atomic E-state index is 5.59. The van der Waals surface area contributed by atoms with E-state index < -0.39 is 0 Å². The Balaban J connectivity index is 2.56. The van der Waals surface area contributed by atoms with Crippen LogP contribution >= 0.6 is 39.3 Å². The Kier molecular flexibility index (Phi) is 5.14. The van der Waals surface area contributed by atoms with Crippen molar-refractivity contribution in [2.45, 2.75) is 18.4 Å². The molecule has 0 saturated heterocycles. The van der Waals surface area contributed by atoms with Gasteiger partial charge in [0.15, 0.2) is 0 Å². The fraction of sp³-hybridized carbons (Fsp3) is 0.444. The molecule has 0 bridgehead atoms. The van der Waals surface area contributed by atoms with Gasteiger partial charge in [0.25, 0.3) is 0 Å². The third-order valence-electron chi connectivity index (χ3n) is 1.46. The normalized spacial score (nSPS) is 10.4. The molecule has 4 heteroatoms. The molecule has 1 aromatic rings. The summed E-state index contributed by atoms with van der Waals surface area (Å²) in [6.45, 7) is 2.03. The fourth-order valence-corrected chi connectivity index (χ4v) is 2.76. The summed E-state index contributed by atoms with van der Waals surface area (Å²) in [5.41, 5.74) is 1.17. The lowest BCUT2D eigenvalue weighted by Gasteiger charge is -2.02. The summed E-state index contributed by atoms with van der Waals surface area (Å²) in [5, 5.41) is 1.05. The molecule has 0 amide bonds. The monoisotopic (exact) mass is 279 g/mol. The molecule has 13 heavy (non-hydrogen) atoms. The van der Waals surface area contributed by atoms with Crippen molar-refractivity contribution in [1.29, 1.82) is 0 Å². The topological polar surface area (TPSA) is 12.9 Å². The number of aryl methyl sites for hydroxylation is 1. The van der Waals surface area contributed by atoms with E-state index in [4.69, 9.17) is 11.6 Å². The summed E-state index contributed by atoms with van der Waals surface area (Å²) >= 11 is 10.8. The minimum Gasteiger partial charge on any atom is -0.248 e. The van der Waals surface area contributed by atoms with E-state index in [1.165, 1.54) is 5.56 Å². The molecule has 0 aromatic carbocycles. The number of halogens is 2. The SMILES string of the molecule is Cc1cnc(SCCCCl)c(Br)c1. The van der Waals surface area contributed by atoms with Gasteiger partial charge < -0.3 is 0 Å². The first-order valence-electron chi connectivity index (χ1n) is 4.05. The molecule has 1 aromatic heterocycles. The second-order valence-electron chi connectivity index (χ2n) is 2.69. The third-order valence-corrected chi connectivity index (χ3v) is 3.69. The molecule has 0 saturated carbocycles. The number of nitrogens with zero attached hydrogens (tertiary/aromatic N) is 1. The van der Waals surface area contributed by atoms with Gasteiger partial charge in [0.05, 0.1) is 4.47 Å². The molecule has 0 spiro atoms. The van der Waals surface area contributed by atoms with Crippen molar-refractivity contribution in [1.82, 2.24) is 4.98 Å². The minimum atomic E-state index is 0.719. The van der Waals surface area contributed by atoms with Gasteiger partial charge in [-0.25, -0.2) is 4.98 Å². The Morgan fingerprint density at radius 1 is 1.62 bits per heavy atom. The second kappa shape index (κ2) is 5.89. The van der Waals surface area contributed by atoms with Crippen molar-refractivity contribution >= 4 is 39.3 Å². The van der Waals surface area contributed by atoms with Crippen LogP contribution in [0.5, 0.6) is 0 Å². The lowest BCUT2D eigenvalue weighted by Crippen LogP contribution is -1.86. The van der Waals surface area contributed by atoms with Gasteiger partial charge in [0.2, 0.25) is 0 Å². The van der Waals surface area contributed by atoms with Crippen LogP contribution in [0.3, 0.4) is 0 Å². The number of thioether (sulfide) groups is 1. The molecule has 72 valence electrons. The minimum absolute atomic E-state index is 0.719. The van der Waals surface area contributed by atoms with Crippen LogP contribution in [-0.2, 0) is 0 Å². The molecule has 0 radical (unpaired) electrons.